The number of benzene rings is 2. The molecule has 0 saturated carbocycles. The number of carbonyl (C=O) groups excluding carboxylic acids is 1. The minimum Gasteiger partial charge on any atom is -0.494 e. The number of likely N-dealkylation sites (N-methyl/N-ethyl adjacent to an activating group) is 2. The lowest BCUT2D eigenvalue weighted by Gasteiger charge is -2.30. The molecule has 1 aromatic heterocycles. The zero-order valence-corrected chi connectivity index (χ0v) is 28.0. The highest BCUT2D eigenvalue weighted by atomic mass is 32.2. The van der Waals surface area contributed by atoms with E-state index in [-0.39, 0.29) is 16.8 Å². The molecule has 3 aromatic rings. The number of anilines is 7. The van der Waals surface area contributed by atoms with E-state index in [2.05, 4.69) is 37.3 Å². The summed E-state index contributed by atoms with van der Waals surface area (Å²) in [4.78, 5) is 28.1. The Balaban J connectivity index is 1.77. The number of methoxy groups -OCH3 is 1. The summed E-state index contributed by atoms with van der Waals surface area (Å²) in [7, 11) is 6.71. The third-order valence-electron chi connectivity index (χ3n) is 7.32. The molecule has 15 heteroatoms. The lowest BCUT2D eigenvalue weighted by Crippen LogP contribution is -2.36. The van der Waals surface area contributed by atoms with Crippen LogP contribution in [0.5, 0.6) is 5.75 Å². The van der Waals surface area contributed by atoms with Gasteiger partial charge in [-0.3, -0.25) is 4.79 Å². The van der Waals surface area contributed by atoms with Crippen molar-refractivity contribution in [3.63, 3.8) is 0 Å². The zero-order chi connectivity index (χ0) is 33.4. The molecule has 0 unspecified atom stereocenters. The van der Waals surface area contributed by atoms with E-state index in [4.69, 9.17) is 14.5 Å². The first-order valence-corrected chi connectivity index (χ1v) is 16.1. The van der Waals surface area contributed by atoms with Gasteiger partial charge < -0.3 is 40.1 Å². The van der Waals surface area contributed by atoms with Crippen LogP contribution in [0.4, 0.5) is 40.2 Å². The average Bonchev–Trinajstić information content (AvgIpc) is 3.04. The first-order chi connectivity index (χ1) is 21.9. The smallest absolute Gasteiger partial charge is 0.247 e. The van der Waals surface area contributed by atoms with Crippen LogP contribution in [0.25, 0.3) is 0 Å². The number of nitrogens with one attached hydrogen (secondary N) is 3. The number of carbonyl (C=O) groups is 1. The fourth-order valence-corrected chi connectivity index (χ4v) is 5.75. The second-order valence-corrected chi connectivity index (χ2v) is 13.2. The molecule has 1 saturated heterocycles. The molecule has 0 radical (unpaired) electrons. The van der Waals surface area contributed by atoms with Gasteiger partial charge in [-0.25, -0.2) is 17.7 Å². The number of hydrogen-bond donors (Lipinski definition) is 3. The summed E-state index contributed by atoms with van der Waals surface area (Å²) in [5, 5.41) is 9.38. The molecule has 14 nitrogen and oxygen atoms in total. The van der Waals surface area contributed by atoms with E-state index in [1.54, 1.807) is 43.6 Å². The van der Waals surface area contributed by atoms with Gasteiger partial charge in [-0.15, -0.1) is 0 Å². The Kier molecular flexibility index (Phi) is 11.4. The Morgan fingerprint density at radius 3 is 2.41 bits per heavy atom. The van der Waals surface area contributed by atoms with Crippen molar-refractivity contribution in [2.75, 3.05) is 107 Å². The van der Waals surface area contributed by atoms with Crippen molar-refractivity contribution in [2.45, 2.75) is 4.90 Å². The van der Waals surface area contributed by atoms with E-state index in [1.807, 2.05) is 32.1 Å². The highest BCUT2D eigenvalue weighted by molar-refractivity contribution is 7.89. The lowest BCUT2D eigenvalue weighted by atomic mass is 10.2. The molecule has 4 rings (SSSR count). The standard InChI is InChI=1S/C31H43N9O5S/c1-8-29(41)33-23-19-24(27(44-7)20-25(23)39(6)14-13-37(2)3)35-31-32-21-26(40-15-17-45-18-16-40)30(36-31)34-22-11-9-10-12-28(22)46(42,43)38(4)5/h8-12,19-21H,1,13-18H2,2-7H3,(H,33,41)(H2,32,34,35,36). The van der Waals surface area contributed by atoms with Crippen LogP contribution in [-0.2, 0) is 19.6 Å². The van der Waals surface area contributed by atoms with Crippen molar-refractivity contribution in [1.82, 2.24) is 19.2 Å². The molecule has 2 aromatic carbocycles. The van der Waals surface area contributed by atoms with Gasteiger partial charge in [0, 0.05) is 53.4 Å². The molecule has 1 aliphatic heterocycles. The van der Waals surface area contributed by atoms with Crippen LogP contribution in [-0.4, -0.2) is 115 Å². The minimum atomic E-state index is -3.76. The van der Waals surface area contributed by atoms with E-state index < -0.39 is 10.0 Å². The Hall–Kier alpha value is -4.44. The van der Waals surface area contributed by atoms with Crippen LogP contribution in [0.15, 0.2) is 60.1 Å². The maximum atomic E-state index is 13.1. The van der Waals surface area contributed by atoms with Crippen molar-refractivity contribution in [2.24, 2.45) is 0 Å². The summed E-state index contributed by atoms with van der Waals surface area (Å²) < 4.78 is 38.7. The van der Waals surface area contributed by atoms with E-state index in [1.165, 1.54) is 24.5 Å². The van der Waals surface area contributed by atoms with Crippen LogP contribution in [0, 0.1) is 0 Å². The fourth-order valence-electron chi connectivity index (χ4n) is 4.71. The van der Waals surface area contributed by atoms with Gasteiger partial charge >= 0.3 is 0 Å². The van der Waals surface area contributed by atoms with Crippen molar-refractivity contribution < 1.29 is 22.7 Å². The summed E-state index contributed by atoms with van der Waals surface area (Å²) in [6, 6.07) is 10.3. The van der Waals surface area contributed by atoms with Crippen LogP contribution in [0.2, 0.25) is 0 Å². The number of hydrogen-bond acceptors (Lipinski definition) is 12. The molecule has 248 valence electrons. The molecular weight excluding hydrogens is 610 g/mol. The second-order valence-electron chi connectivity index (χ2n) is 11.0. The second kappa shape index (κ2) is 15.2. The first-order valence-electron chi connectivity index (χ1n) is 14.7. The number of sulfonamides is 1. The number of rotatable bonds is 14. The lowest BCUT2D eigenvalue weighted by molar-refractivity contribution is -0.111. The summed E-state index contributed by atoms with van der Waals surface area (Å²) in [6.07, 6.45) is 2.89. The van der Waals surface area contributed by atoms with Gasteiger partial charge in [0.1, 0.15) is 10.6 Å². The summed E-state index contributed by atoms with van der Waals surface area (Å²) in [6.45, 7) is 7.39. The van der Waals surface area contributed by atoms with Crippen molar-refractivity contribution in [3.05, 3.63) is 55.3 Å². The van der Waals surface area contributed by atoms with Gasteiger partial charge in [0.05, 0.1) is 55.0 Å². The van der Waals surface area contributed by atoms with Crippen LogP contribution >= 0.6 is 0 Å². The van der Waals surface area contributed by atoms with Crippen molar-refractivity contribution in [3.8, 4) is 5.75 Å². The number of ether oxygens (including phenoxy) is 2. The monoisotopic (exact) mass is 653 g/mol. The summed E-state index contributed by atoms with van der Waals surface area (Å²) >= 11 is 0. The van der Waals surface area contributed by atoms with E-state index >= 15 is 0 Å². The minimum absolute atomic E-state index is 0.110. The van der Waals surface area contributed by atoms with Crippen LogP contribution in [0.1, 0.15) is 0 Å². The largest absolute Gasteiger partial charge is 0.494 e. The Morgan fingerprint density at radius 2 is 1.76 bits per heavy atom. The number of amides is 1. The van der Waals surface area contributed by atoms with Crippen molar-refractivity contribution in [1.29, 1.82) is 0 Å². The molecule has 46 heavy (non-hydrogen) atoms. The van der Waals surface area contributed by atoms with Gasteiger partial charge in [0.15, 0.2) is 5.82 Å². The van der Waals surface area contributed by atoms with Crippen LogP contribution in [0.3, 0.4) is 0 Å². The molecule has 0 aliphatic carbocycles. The third-order valence-corrected chi connectivity index (χ3v) is 9.19. The Morgan fingerprint density at radius 1 is 1.04 bits per heavy atom. The molecule has 3 N–H and O–H groups in total. The maximum Gasteiger partial charge on any atom is 0.247 e. The molecular formula is C31H43N9O5S. The van der Waals surface area contributed by atoms with E-state index in [0.29, 0.717) is 67.2 Å². The van der Waals surface area contributed by atoms with E-state index in [0.717, 1.165) is 12.2 Å². The zero-order valence-electron chi connectivity index (χ0n) is 27.2. The van der Waals surface area contributed by atoms with Gasteiger partial charge in [-0.05, 0) is 38.4 Å². The van der Waals surface area contributed by atoms with Crippen LogP contribution < -0.4 is 30.5 Å². The quantitative estimate of drug-likeness (QED) is 0.220. The molecule has 0 atom stereocenters. The number of para-hydroxylation sites is 1. The number of morpholine rings is 1. The molecule has 1 amide bonds. The third kappa shape index (κ3) is 8.23. The Bertz CT molecular complexity index is 1640. The van der Waals surface area contributed by atoms with Gasteiger partial charge in [0.25, 0.3) is 0 Å². The maximum absolute atomic E-state index is 13.1. The number of aromatic nitrogens is 2. The Labute approximate surface area is 271 Å². The summed E-state index contributed by atoms with van der Waals surface area (Å²) in [5.41, 5.74) is 2.86. The van der Waals surface area contributed by atoms with Crippen molar-refractivity contribution >= 4 is 56.1 Å². The molecule has 0 spiro atoms. The molecule has 0 bridgehead atoms. The fraction of sp³-hybridized carbons (Fsp3) is 0.387. The normalized spacial score (nSPS) is 13.4. The summed E-state index contributed by atoms with van der Waals surface area (Å²) in [5.74, 6) is 0.767. The highest BCUT2D eigenvalue weighted by Gasteiger charge is 2.24. The average molecular weight is 654 g/mol. The van der Waals surface area contributed by atoms with E-state index in [9.17, 15) is 13.2 Å². The SMILES string of the molecule is C=CC(=O)Nc1cc(Nc2ncc(N3CCOCC3)c(Nc3ccccc3S(=O)(=O)N(C)C)n2)c(OC)cc1N(C)CCN(C)C. The first kappa shape index (κ1) is 34.4. The molecule has 2 heterocycles. The van der Waals surface area contributed by atoms with Gasteiger partial charge in [-0.1, -0.05) is 18.7 Å². The van der Waals surface area contributed by atoms with Gasteiger partial charge in [0.2, 0.25) is 21.9 Å². The predicted molar refractivity (Wildman–Crippen MR) is 183 cm³/mol. The number of nitrogens with zero attached hydrogens (tertiary/aromatic N) is 6. The van der Waals surface area contributed by atoms with Gasteiger partial charge in [-0.2, -0.15) is 4.98 Å². The molecule has 1 aliphatic rings. The highest BCUT2D eigenvalue weighted by Crippen LogP contribution is 2.39. The molecule has 1 fully saturated rings. The predicted octanol–water partition coefficient (Wildman–Crippen LogP) is 3.18. The topological polar surface area (TPSA) is 144 Å².